The SMILES string of the molecule is COCNC(=O)c1cnc(C(=O)c2cccc(OC)c2)c2cc(OC)c(OC)cc12. The van der Waals surface area contributed by atoms with Crippen molar-refractivity contribution in [1.29, 1.82) is 0 Å². The minimum atomic E-state index is -0.387. The van der Waals surface area contributed by atoms with Crippen LogP contribution in [0.15, 0.2) is 42.6 Å². The van der Waals surface area contributed by atoms with Gasteiger partial charge in [0.1, 0.15) is 18.2 Å². The van der Waals surface area contributed by atoms with Gasteiger partial charge in [-0.05, 0) is 24.3 Å². The first-order chi connectivity index (χ1) is 14.5. The van der Waals surface area contributed by atoms with Crippen LogP contribution in [0.5, 0.6) is 17.2 Å². The quantitative estimate of drug-likeness (QED) is 0.451. The molecular weight excluding hydrogens is 388 g/mol. The summed E-state index contributed by atoms with van der Waals surface area (Å²) in [4.78, 5) is 30.1. The van der Waals surface area contributed by atoms with Crippen LogP contribution in [0.2, 0.25) is 0 Å². The van der Waals surface area contributed by atoms with Crippen molar-refractivity contribution in [3.8, 4) is 17.2 Å². The van der Waals surface area contributed by atoms with Gasteiger partial charge in [-0.15, -0.1) is 0 Å². The standard InChI is InChI=1S/C22H22N2O6/c1-27-12-24-22(26)17-11-23-20(21(25)13-6-5-7-14(8-13)28-2)16-10-19(30-4)18(29-3)9-15(16)17/h5-11H,12H2,1-4H3,(H,24,26). The summed E-state index contributed by atoms with van der Waals surface area (Å²) < 4.78 is 20.9. The number of hydrogen-bond donors (Lipinski definition) is 1. The summed E-state index contributed by atoms with van der Waals surface area (Å²) >= 11 is 0. The maximum absolute atomic E-state index is 13.2. The molecule has 0 saturated heterocycles. The van der Waals surface area contributed by atoms with E-state index in [9.17, 15) is 9.59 Å². The Morgan fingerprint density at radius 3 is 2.27 bits per heavy atom. The zero-order chi connectivity index (χ0) is 21.7. The number of ether oxygens (including phenoxy) is 4. The number of rotatable bonds is 8. The number of methoxy groups -OCH3 is 4. The number of amides is 1. The number of carbonyl (C=O) groups excluding carboxylic acids is 2. The monoisotopic (exact) mass is 410 g/mol. The molecule has 0 unspecified atom stereocenters. The molecule has 1 heterocycles. The van der Waals surface area contributed by atoms with Gasteiger partial charge in [0.25, 0.3) is 5.91 Å². The molecule has 0 saturated carbocycles. The summed E-state index contributed by atoms with van der Waals surface area (Å²) in [6.07, 6.45) is 1.37. The lowest BCUT2D eigenvalue weighted by Gasteiger charge is -2.14. The van der Waals surface area contributed by atoms with Gasteiger partial charge in [-0.1, -0.05) is 12.1 Å². The van der Waals surface area contributed by atoms with Crippen LogP contribution in [0.25, 0.3) is 10.8 Å². The van der Waals surface area contributed by atoms with Gasteiger partial charge < -0.3 is 24.3 Å². The number of benzene rings is 2. The van der Waals surface area contributed by atoms with Crippen molar-refractivity contribution >= 4 is 22.5 Å². The number of fused-ring (bicyclic) bond motifs is 1. The van der Waals surface area contributed by atoms with E-state index in [1.54, 1.807) is 36.4 Å². The molecule has 0 fully saturated rings. The number of nitrogens with zero attached hydrogens (tertiary/aromatic N) is 1. The van der Waals surface area contributed by atoms with E-state index < -0.39 is 0 Å². The summed E-state index contributed by atoms with van der Waals surface area (Å²) in [5.74, 6) is 0.703. The van der Waals surface area contributed by atoms with Gasteiger partial charge in [-0.2, -0.15) is 0 Å². The molecule has 0 radical (unpaired) electrons. The Morgan fingerprint density at radius 2 is 1.63 bits per heavy atom. The van der Waals surface area contributed by atoms with Crippen LogP contribution in [0.4, 0.5) is 0 Å². The highest BCUT2D eigenvalue weighted by Crippen LogP contribution is 2.35. The third-order valence-corrected chi connectivity index (χ3v) is 4.56. The number of carbonyl (C=O) groups is 2. The molecule has 1 amide bonds. The van der Waals surface area contributed by atoms with Gasteiger partial charge in [0.05, 0.1) is 26.9 Å². The van der Waals surface area contributed by atoms with Gasteiger partial charge in [0.2, 0.25) is 5.78 Å². The van der Waals surface area contributed by atoms with Crippen molar-refractivity contribution in [2.45, 2.75) is 0 Å². The minimum Gasteiger partial charge on any atom is -0.497 e. The Kier molecular flexibility index (Phi) is 6.48. The van der Waals surface area contributed by atoms with Crippen LogP contribution >= 0.6 is 0 Å². The van der Waals surface area contributed by atoms with Crippen molar-refractivity contribution < 1.29 is 28.5 Å². The largest absolute Gasteiger partial charge is 0.497 e. The molecule has 0 bridgehead atoms. The Morgan fingerprint density at radius 1 is 0.933 bits per heavy atom. The normalized spacial score (nSPS) is 10.5. The maximum Gasteiger partial charge on any atom is 0.255 e. The lowest BCUT2D eigenvalue weighted by molar-refractivity contribution is 0.0872. The summed E-state index contributed by atoms with van der Waals surface area (Å²) in [5, 5.41) is 3.59. The highest BCUT2D eigenvalue weighted by atomic mass is 16.5. The second-order valence-electron chi connectivity index (χ2n) is 6.27. The number of aromatic nitrogens is 1. The van der Waals surface area contributed by atoms with E-state index >= 15 is 0 Å². The molecular formula is C22H22N2O6. The van der Waals surface area contributed by atoms with Crippen LogP contribution in [0, 0.1) is 0 Å². The molecule has 30 heavy (non-hydrogen) atoms. The van der Waals surface area contributed by atoms with E-state index in [1.807, 2.05) is 0 Å². The van der Waals surface area contributed by atoms with Crippen molar-refractivity contribution in [3.63, 3.8) is 0 Å². The lowest BCUT2D eigenvalue weighted by atomic mass is 9.98. The van der Waals surface area contributed by atoms with E-state index in [4.69, 9.17) is 18.9 Å². The second-order valence-corrected chi connectivity index (χ2v) is 6.27. The van der Waals surface area contributed by atoms with Crippen molar-refractivity contribution in [1.82, 2.24) is 10.3 Å². The molecule has 8 nitrogen and oxygen atoms in total. The fraction of sp³-hybridized carbons (Fsp3) is 0.227. The third kappa shape index (κ3) is 4.04. The summed E-state index contributed by atoms with van der Waals surface area (Å²) in [5.41, 5.74) is 0.877. The average Bonchev–Trinajstić information content (AvgIpc) is 2.80. The first kappa shape index (κ1) is 21.1. The van der Waals surface area contributed by atoms with Gasteiger partial charge in [-0.25, -0.2) is 0 Å². The highest BCUT2D eigenvalue weighted by Gasteiger charge is 2.21. The van der Waals surface area contributed by atoms with Gasteiger partial charge in [0.15, 0.2) is 11.5 Å². The average molecular weight is 410 g/mol. The topological polar surface area (TPSA) is 96.0 Å². The van der Waals surface area contributed by atoms with Crippen LogP contribution in [0.1, 0.15) is 26.4 Å². The van der Waals surface area contributed by atoms with E-state index in [2.05, 4.69) is 10.3 Å². The molecule has 0 spiro atoms. The smallest absolute Gasteiger partial charge is 0.255 e. The van der Waals surface area contributed by atoms with Crippen molar-refractivity contribution in [2.24, 2.45) is 0 Å². The summed E-state index contributed by atoms with van der Waals surface area (Å²) in [6.45, 7) is 0.0398. The second kappa shape index (κ2) is 9.23. The molecule has 3 aromatic rings. The Bertz CT molecular complexity index is 1100. The molecule has 1 N–H and O–H groups in total. The molecule has 2 aromatic carbocycles. The van der Waals surface area contributed by atoms with Gasteiger partial charge in [-0.3, -0.25) is 14.6 Å². The Labute approximate surface area is 173 Å². The molecule has 0 aliphatic carbocycles. The summed E-state index contributed by atoms with van der Waals surface area (Å²) in [7, 11) is 6.00. The van der Waals surface area contributed by atoms with Gasteiger partial charge in [0, 0.05) is 29.6 Å². The van der Waals surface area contributed by atoms with Crippen molar-refractivity contribution in [2.75, 3.05) is 35.2 Å². The van der Waals surface area contributed by atoms with Crippen molar-refractivity contribution in [3.05, 3.63) is 59.4 Å². The van der Waals surface area contributed by atoms with E-state index in [1.165, 1.54) is 34.6 Å². The zero-order valence-electron chi connectivity index (χ0n) is 17.1. The zero-order valence-corrected chi connectivity index (χ0v) is 17.1. The molecule has 0 aliphatic rings. The maximum atomic E-state index is 13.2. The molecule has 1 aromatic heterocycles. The van der Waals surface area contributed by atoms with Gasteiger partial charge >= 0.3 is 0 Å². The molecule has 0 aliphatic heterocycles. The Balaban J connectivity index is 2.22. The van der Waals surface area contributed by atoms with E-state index in [0.29, 0.717) is 33.6 Å². The molecule has 156 valence electrons. The first-order valence-corrected chi connectivity index (χ1v) is 9.04. The Hall–Kier alpha value is -3.65. The first-order valence-electron chi connectivity index (χ1n) is 9.04. The molecule has 3 rings (SSSR count). The number of ketones is 1. The molecule has 8 heteroatoms. The van der Waals surface area contributed by atoms with Crippen LogP contribution in [0.3, 0.4) is 0 Å². The summed E-state index contributed by atoms with van der Waals surface area (Å²) in [6, 6.07) is 10.1. The predicted octanol–water partition coefficient (Wildman–Crippen LogP) is 2.83. The third-order valence-electron chi connectivity index (χ3n) is 4.56. The minimum absolute atomic E-state index is 0.0398. The van der Waals surface area contributed by atoms with Crippen LogP contribution < -0.4 is 19.5 Å². The highest BCUT2D eigenvalue weighted by molar-refractivity contribution is 6.18. The number of nitrogens with one attached hydrogen (secondary N) is 1. The fourth-order valence-corrected chi connectivity index (χ4v) is 3.06. The van der Waals surface area contributed by atoms with Crippen LogP contribution in [-0.4, -0.2) is 51.8 Å². The van der Waals surface area contributed by atoms with Crippen LogP contribution in [-0.2, 0) is 4.74 Å². The fourth-order valence-electron chi connectivity index (χ4n) is 3.06. The number of pyridine rings is 1. The molecule has 0 atom stereocenters. The van der Waals surface area contributed by atoms with E-state index in [-0.39, 0.29) is 29.7 Å². The van der Waals surface area contributed by atoms with E-state index in [0.717, 1.165) is 0 Å². The predicted molar refractivity (Wildman–Crippen MR) is 111 cm³/mol. The number of hydrogen-bond acceptors (Lipinski definition) is 7. The lowest BCUT2D eigenvalue weighted by Crippen LogP contribution is -2.26.